The second-order valence-corrected chi connectivity index (χ2v) is 8.88. The number of nitrogens with zero attached hydrogens (tertiary/aromatic N) is 4. The van der Waals surface area contributed by atoms with Crippen LogP contribution < -0.4 is 4.74 Å². The van der Waals surface area contributed by atoms with Gasteiger partial charge in [-0.25, -0.2) is 0 Å². The van der Waals surface area contributed by atoms with Crippen LogP contribution in [-0.2, 0) is 0 Å². The van der Waals surface area contributed by atoms with Gasteiger partial charge in [-0.2, -0.15) is 0 Å². The molecule has 5 rings (SSSR count). The first-order chi connectivity index (χ1) is 16.4. The van der Waals surface area contributed by atoms with Gasteiger partial charge >= 0.3 is 0 Å². The third-order valence-corrected chi connectivity index (χ3v) is 5.55. The summed E-state index contributed by atoms with van der Waals surface area (Å²) in [5.41, 5.74) is 3.66. The number of aryl methyl sites for hydroxylation is 2. The second-order valence-electron chi connectivity index (χ2n) is 8.88. The third-order valence-electron chi connectivity index (χ3n) is 5.55. The minimum Gasteiger partial charge on any atom is -0.494 e. The van der Waals surface area contributed by atoms with Crippen LogP contribution in [0.1, 0.15) is 31.7 Å². The van der Waals surface area contributed by atoms with Crippen LogP contribution in [0.15, 0.2) is 63.4 Å². The van der Waals surface area contributed by atoms with Crippen molar-refractivity contribution in [3.05, 3.63) is 66.1 Å². The predicted octanol–water partition coefficient (Wildman–Crippen LogP) is 6.65. The monoisotopic (exact) mass is 454 g/mol. The highest BCUT2D eigenvalue weighted by Crippen LogP contribution is 2.31. The fourth-order valence-corrected chi connectivity index (χ4v) is 3.75. The van der Waals surface area contributed by atoms with Crippen LogP contribution in [0.25, 0.3) is 45.1 Å². The summed E-state index contributed by atoms with van der Waals surface area (Å²) in [6.45, 7) is 8.86. The third kappa shape index (κ3) is 4.69. The first kappa shape index (κ1) is 21.8. The van der Waals surface area contributed by atoms with Crippen LogP contribution >= 0.6 is 0 Å². The molecule has 2 heterocycles. The normalized spacial score (nSPS) is 11.4. The first-order valence-corrected chi connectivity index (χ1v) is 11.4. The zero-order valence-electron chi connectivity index (χ0n) is 19.7. The first-order valence-electron chi connectivity index (χ1n) is 11.4. The number of aromatic nitrogens is 4. The van der Waals surface area contributed by atoms with Crippen LogP contribution in [0.3, 0.4) is 0 Å². The topological polar surface area (TPSA) is 87.1 Å². The van der Waals surface area contributed by atoms with E-state index in [2.05, 4.69) is 34.2 Å². The zero-order chi connectivity index (χ0) is 23.7. The molecule has 0 aliphatic carbocycles. The summed E-state index contributed by atoms with van der Waals surface area (Å²) in [5.74, 6) is 3.40. The minimum absolute atomic E-state index is 0.467. The molecule has 3 aromatic carbocycles. The molecular weight excluding hydrogens is 428 g/mol. The number of rotatable bonds is 7. The maximum atomic E-state index is 6.04. The Morgan fingerprint density at radius 2 is 1.32 bits per heavy atom. The molecule has 0 atom stereocenters. The summed E-state index contributed by atoms with van der Waals surface area (Å²) in [6.07, 6.45) is 1.01. The molecule has 5 aromatic rings. The van der Waals surface area contributed by atoms with Crippen LogP contribution in [0.2, 0.25) is 0 Å². The van der Waals surface area contributed by atoms with E-state index in [0.717, 1.165) is 45.2 Å². The quantitative estimate of drug-likeness (QED) is 0.272. The summed E-state index contributed by atoms with van der Waals surface area (Å²) < 4.78 is 17.5. The highest BCUT2D eigenvalue weighted by molar-refractivity contribution is 5.89. The van der Waals surface area contributed by atoms with Gasteiger partial charge in [0, 0.05) is 23.6 Å². The van der Waals surface area contributed by atoms with E-state index in [4.69, 9.17) is 13.6 Å². The maximum absolute atomic E-state index is 6.04. The van der Waals surface area contributed by atoms with E-state index in [1.165, 1.54) is 0 Å². The van der Waals surface area contributed by atoms with E-state index in [-0.39, 0.29) is 0 Å². The van der Waals surface area contributed by atoms with Crippen LogP contribution in [0.5, 0.6) is 5.75 Å². The molecule has 0 aliphatic heterocycles. The van der Waals surface area contributed by atoms with E-state index in [1.54, 1.807) is 6.92 Å². The maximum Gasteiger partial charge on any atom is 0.248 e. The molecule has 172 valence electrons. The second kappa shape index (κ2) is 9.09. The molecule has 0 spiro atoms. The molecule has 0 fully saturated rings. The van der Waals surface area contributed by atoms with Crippen molar-refractivity contribution in [2.45, 2.75) is 34.1 Å². The summed E-state index contributed by atoms with van der Waals surface area (Å²) in [4.78, 5) is 0. The summed E-state index contributed by atoms with van der Waals surface area (Å²) in [6, 6.07) is 18.0. The van der Waals surface area contributed by atoms with E-state index in [1.807, 2.05) is 61.5 Å². The average molecular weight is 455 g/mol. The summed E-state index contributed by atoms with van der Waals surface area (Å²) in [7, 11) is 0. The highest BCUT2D eigenvalue weighted by atomic mass is 16.5. The van der Waals surface area contributed by atoms with E-state index < -0.39 is 0 Å². The van der Waals surface area contributed by atoms with Crippen molar-refractivity contribution in [1.82, 2.24) is 20.4 Å². The van der Waals surface area contributed by atoms with Crippen LogP contribution in [0, 0.1) is 19.8 Å². The van der Waals surface area contributed by atoms with Crippen molar-refractivity contribution in [1.29, 1.82) is 0 Å². The van der Waals surface area contributed by atoms with Crippen molar-refractivity contribution in [3.63, 3.8) is 0 Å². The molecule has 7 nitrogen and oxygen atoms in total. The fourth-order valence-electron chi connectivity index (χ4n) is 3.75. The SMILES string of the molecule is Cc1cc(OCCC(C)C)cc(-c2nnc(-c3ccc4cc(-c5nnc(C)o5)ccc4c3)o2)c1. The van der Waals surface area contributed by atoms with Gasteiger partial charge in [0.25, 0.3) is 0 Å². The Hall–Kier alpha value is -4.00. The number of ether oxygens (including phenoxy) is 1. The molecule has 0 saturated carbocycles. The minimum atomic E-state index is 0.467. The zero-order valence-corrected chi connectivity index (χ0v) is 19.7. The number of fused-ring (bicyclic) bond motifs is 1. The Bertz CT molecular complexity index is 1450. The molecule has 0 saturated heterocycles. The van der Waals surface area contributed by atoms with Crippen molar-refractivity contribution < 1.29 is 13.6 Å². The standard InChI is InChI=1S/C27H26N4O3/c1-16(2)9-10-32-24-12-17(3)11-23(15-24)27-31-30-26(34-27)22-8-6-19-13-21(7-5-20(19)14-22)25-29-28-18(4)33-25/h5-8,11-16H,9-10H2,1-4H3. The molecule has 7 heteroatoms. The number of hydrogen-bond acceptors (Lipinski definition) is 7. The van der Waals surface area contributed by atoms with Crippen LogP contribution in [0.4, 0.5) is 0 Å². The lowest BCUT2D eigenvalue weighted by Crippen LogP contribution is -2.01. The van der Waals surface area contributed by atoms with Crippen molar-refractivity contribution >= 4 is 10.8 Å². The molecule has 0 N–H and O–H groups in total. The lowest BCUT2D eigenvalue weighted by atomic mass is 10.0. The summed E-state index contributed by atoms with van der Waals surface area (Å²) >= 11 is 0. The van der Waals surface area contributed by atoms with Crippen molar-refractivity contribution in [3.8, 4) is 40.1 Å². The van der Waals surface area contributed by atoms with Gasteiger partial charge in [-0.1, -0.05) is 26.0 Å². The molecule has 0 aliphatic rings. The van der Waals surface area contributed by atoms with Crippen molar-refractivity contribution in [2.24, 2.45) is 5.92 Å². The van der Waals surface area contributed by atoms with Gasteiger partial charge < -0.3 is 13.6 Å². The van der Waals surface area contributed by atoms with E-state index >= 15 is 0 Å². The van der Waals surface area contributed by atoms with Gasteiger partial charge in [0.05, 0.1) is 6.61 Å². The lowest BCUT2D eigenvalue weighted by molar-refractivity contribution is 0.289. The molecule has 2 aromatic heterocycles. The smallest absolute Gasteiger partial charge is 0.248 e. The number of benzene rings is 3. The average Bonchev–Trinajstić information content (AvgIpc) is 3.47. The molecule has 0 unspecified atom stereocenters. The molecule has 0 amide bonds. The Morgan fingerprint density at radius 1 is 0.706 bits per heavy atom. The van der Waals surface area contributed by atoms with E-state index in [9.17, 15) is 0 Å². The van der Waals surface area contributed by atoms with Crippen molar-refractivity contribution in [2.75, 3.05) is 6.61 Å². The summed E-state index contributed by atoms with van der Waals surface area (Å²) in [5, 5.41) is 18.7. The number of hydrogen-bond donors (Lipinski definition) is 0. The van der Waals surface area contributed by atoms with Gasteiger partial charge in [0.15, 0.2) is 0 Å². The van der Waals surface area contributed by atoms with Gasteiger partial charge in [-0.15, -0.1) is 20.4 Å². The largest absolute Gasteiger partial charge is 0.494 e. The Morgan fingerprint density at radius 3 is 1.94 bits per heavy atom. The molecule has 0 bridgehead atoms. The lowest BCUT2D eigenvalue weighted by Gasteiger charge is -2.09. The Kier molecular flexibility index (Phi) is 5.84. The van der Waals surface area contributed by atoms with Gasteiger partial charge in [-0.3, -0.25) is 0 Å². The van der Waals surface area contributed by atoms with Gasteiger partial charge in [0.2, 0.25) is 23.6 Å². The molecule has 0 radical (unpaired) electrons. The molecular formula is C27H26N4O3. The fraction of sp³-hybridized carbons (Fsp3) is 0.259. The molecule has 34 heavy (non-hydrogen) atoms. The van der Waals surface area contributed by atoms with Gasteiger partial charge in [-0.05, 0) is 78.1 Å². The predicted molar refractivity (Wildman–Crippen MR) is 130 cm³/mol. The highest BCUT2D eigenvalue weighted by Gasteiger charge is 2.14. The van der Waals surface area contributed by atoms with Crippen LogP contribution in [-0.4, -0.2) is 27.0 Å². The Labute approximate surface area is 197 Å². The van der Waals surface area contributed by atoms with E-state index in [0.29, 0.717) is 36.1 Å². The van der Waals surface area contributed by atoms with Gasteiger partial charge in [0.1, 0.15) is 5.75 Å². The Balaban J connectivity index is 1.40.